The smallest absolute Gasteiger partial charge is 0.255 e. The standard InChI is InChI=1S/C18H18BrNO2/c1-12-2-9-17(16(19)10-12)20-18(21)14-5-7-15(8-6-14)22-11-13-3-4-13/h2,5-10,13H,3-4,11H2,1H3,(H,20,21). The van der Waals surface area contributed by atoms with Crippen LogP contribution < -0.4 is 10.1 Å². The lowest BCUT2D eigenvalue weighted by molar-refractivity contribution is 0.102. The molecule has 0 bridgehead atoms. The molecule has 3 rings (SSSR count). The van der Waals surface area contributed by atoms with Crippen LogP contribution in [0.3, 0.4) is 0 Å². The van der Waals surface area contributed by atoms with Crippen molar-refractivity contribution >= 4 is 27.5 Å². The van der Waals surface area contributed by atoms with Gasteiger partial charge in [0.15, 0.2) is 0 Å². The van der Waals surface area contributed by atoms with Gasteiger partial charge in [-0.3, -0.25) is 4.79 Å². The maximum Gasteiger partial charge on any atom is 0.255 e. The lowest BCUT2D eigenvalue weighted by Gasteiger charge is -2.09. The van der Waals surface area contributed by atoms with Gasteiger partial charge >= 0.3 is 0 Å². The number of anilines is 1. The van der Waals surface area contributed by atoms with Crippen molar-refractivity contribution in [3.8, 4) is 5.75 Å². The molecule has 2 aromatic carbocycles. The lowest BCUT2D eigenvalue weighted by Crippen LogP contribution is -2.12. The van der Waals surface area contributed by atoms with E-state index in [0.29, 0.717) is 5.56 Å². The molecule has 0 radical (unpaired) electrons. The number of carbonyl (C=O) groups excluding carboxylic acids is 1. The van der Waals surface area contributed by atoms with Crippen LogP contribution in [0.15, 0.2) is 46.9 Å². The second kappa shape index (κ2) is 6.53. The van der Waals surface area contributed by atoms with E-state index in [-0.39, 0.29) is 5.91 Å². The van der Waals surface area contributed by atoms with Crippen molar-refractivity contribution in [1.29, 1.82) is 0 Å². The minimum Gasteiger partial charge on any atom is -0.493 e. The SMILES string of the molecule is Cc1ccc(NC(=O)c2ccc(OCC3CC3)cc2)c(Br)c1. The highest BCUT2D eigenvalue weighted by Crippen LogP contribution is 2.29. The summed E-state index contributed by atoms with van der Waals surface area (Å²) in [6, 6.07) is 13.1. The fourth-order valence-corrected chi connectivity index (χ4v) is 2.71. The Balaban J connectivity index is 1.63. The average molecular weight is 360 g/mol. The predicted octanol–water partition coefficient (Wildman–Crippen LogP) is 4.80. The maximum atomic E-state index is 12.3. The third-order valence-corrected chi connectivity index (χ3v) is 4.33. The highest BCUT2D eigenvalue weighted by atomic mass is 79.9. The highest BCUT2D eigenvalue weighted by molar-refractivity contribution is 9.10. The van der Waals surface area contributed by atoms with Crippen LogP contribution in [0, 0.1) is 12.8 Å². The van der Waals surface area contributed by atoms with E-state index in [1.54, 1.807) is 12.1 Å². The Morgan fingerprint density at radius 3 is 2.59 bits per heavy atom. The van der Waals surface area contributed by atoms with Crippen LogP contribution in [0.4, 0.5) is 5.69 Å². The zero-order chi connectivity index (χ0) is 15.5. The molecule has 22 heavy (non-hydrogen) atoms. The zero-order valence-electron chi connectivity index (χ0n) is 12.4. The van der Waals surface area contributed by atoms with E-state index in [2.05, 4.69) is 21.2 Å². The average Bonchev–Trinajstić information content (AvgIpc) is 3.33. The minimum atomic E-state index is -0.127. The number of amides is 1. The van der Waals surface area contributed by atoms with Gasteiger partial charge in [-0.15, -0.1) is 0 Å². The largest absolute Gasteiger partial charge is 0.493 e. The van der Waals surface area contributed by atoms with Crippen LogP contribution in [0.2, 0.25) is 0 Å². The third-order valence-electron chi connectivity index (χ3n) is 3.67. The second-order valence-electron chi connectivity index (χ2n) is 5.72. The fraction of sp³-hybridized carbons (Fsp3) is 0.278. The van der Waals surface area contributed by atoms with Crippen molar-refractivity contribution in [1.82, 2.24) is 0 Å². The molecule has 0 aromatic heterocycles. The van der Waals surface area contributed by atoms with Gasteiger partial charge in [0.2, 0.25) is 0 Å². The first-order chi connectivity index (χ1) is 10.6. The number of nitrogens with one attached hydrogen (secondary N) is 1. The van der Waals surface area contributed by atoms with Crippen LogP contribution in [0.1, 0.15) is 28.8 Å². The van der Waals surface area contributed by atoms with Gasteiger partial charge in [-0.25, -0.2) is 0 Å². The summed E-state index contributed by atoms with van der Waals surface area (Å²) in [5.74, 6) is 1.42. The first-order valence-electron chi connectivity index (χ1n) is 7.42. The number of aryl methyl sites for hydroxylation is 1. The number of rotatable bonds is 5. The van der Waals surface area contributed by atoms with Gasteiger partial charge < -0.3 is 10.1 Å². The molecule has 1 aliphatic carbocycles. The predicted molar refractivity (Wildman–Crippen MR) is 91.5 cm³/mol. The molecule has 2 aromatic rings. The van der Waals surface area contributed by atoms with Gasteiger partial charge in [-0.05, 0) is 83.6 Å². The van der Waals surface area contributed by atoms with Crippen LogP contribution in [0.25, 0.3) is 0 Å². The normalized spacial score (nSPS) is 13.7. The number of benzene rings is 2. The number of halogens is 1. The van der Waals surface area contributed by atoms with E-state index in [0.717, 1.165) is 34.0 Å². The molecule has 0 heterocycles. The summed E-state index contributed by atoms with van der Waals surface area (Å²) in [6.07, 6.45) is 2.54. The molecule has 1 saturated carbocycles. The van der Waals surface area contributed by atoms with Gasteiger partial charge in [0, 0.05) is 10.0 Å². The van der Waals surface area contributed by atoms with Gasteiger partial charge in [-0.1, -0.05) is 6.07 Å². The zero-order valence-corrected chi connectivity index (χ0v) is 14.0. The van der Waals surface area contributed by atoms with Gasteiger partial charge in [0.05, 0.1) is 12.3 Å². The number of hydrogen-bond donors (Lipinski definition) is 1. The molecule has 0 spiro atoms. The molecule has 3 nitrogen and oxygen atoms in total. The van der Waals surface area contributed by atoms with Crippen LogP contribution in [-0.4, -0.2) is 12.5 Å². The molecule has 1 amide bonds. The fourth-order valence-electron chi connectivity index (χ4n) is 2.12. The molecule has 0 aliphatic heterocycles. The summed E-state index contributed by atoms with van der Waals surface area (Å²) >= 11 is 3.47. The first-order valence-corrected chi connectivity index (χ1v) is 8.21. The van der Waals surface area contributed by atoms with E-state index in [1.165, 1.54) is 12.8 Å². The summed E-state index contributed by atoms with van der Waals surface area (Å²) in [6.45, 7) is 2.79. The monoisotopic (exact) mass is 359 g/mol. The van der Waals surface area contributed by atoms with Crippen molar-refractivity contribution in [3.63, 3.8) is 0 Å². The third kappa shape index (κ3) is 3.89. The lowest BCUT2D eigenvalue weighted by atomic mass is 10.2. The van der Waals surface area contributed by atoms with Crippen molar-refractivity contribution in [2.45, 2.75) is 19.8 Å². The van der Waals surface area contributed by atoms with E-state index in [9.17, 15) is 4.79 Å². The van der Waals surface area contributed by atoms with Crippen LogP contribution in [0.5, 0.6) is 5.75 Å². The Hall–Kier alpha value is -1.81. The summed E-state index contributed by atoms with van der Waals surface area (Å²) < 4.78 is 6.56. The Labute approximate surface area is 138 Å². The van der Waals surface area contributed by atoms with E-state index >= 15 is 0 Å². The quantitative estimate of drug-likeness (QED) is 0.832. The number of carbonyl (C=O) groups is 1. The van der Waals surface area contributed by atoms with E-state index < -0.39 is 0 Å². The topological polar surface area (TPSA) is 38.3 Å². The molecule has 4 heteroatoms. The van der Waals surface area contributed by atoms with Crippen molar-refractivity contribution < 1.29 is 9.53 Å². The van der Waals surface area contributed by atoms with Gasteiger partial charge in [0.25, 0.3) is 5.91 Å². The van der Waals surface area contributed by atoms with Crippen molar-refractivity contribution in [2.24, 2.45) is 5.92 Å². The van der Waals surface area contributed by atoms with Gasteiger partial charge in [-0.2, -0.15) is 0 Å². The minimum absolute atomic E-state index is 0.127. The van der Waals surface area contributed by atoms with Crippen LogP contribution in [-0.2, 0) is 0 Å². The Bertz CT molecular complexity index is 678. The molecule has 0 atom stereocenters. The van der Waals surface area contributed by atoms with Gasteiger partial charge in [0.1, 0.15) is 5.75 Å². The van der Waals surface area contributed by atoms with Crippen molar-refractivity contribution in [2.75, 3.05) is 11.9 Å². The summed E-state index contributed by atoms with van der Waals surface area (Å²) in [7, 11) is 0. The second-order valence-corrected chi connectivity index (χ2v) is 6.57. The molecule has 114 valence electrons. The molecule has 0 unspecified atom stereocenters. The van der Waals surface area contributed by atoms with E-state index in [4.69, 9.17) is 4.74 Å². The summed E-state index contributed by atoms with van der Waals surface area (Å²) in [5.41, 5.74) is 2.53. The molecular weight excluding hydrogens is 342 g/mol. The molecule has 1 aliphatic rings. The Morgan fingerprint density at radius 2 is 1.95 bits per heavy atom. The molecule has 1 fully saturated rings. The molecular formula is C18H18BrNO2. The number of hydrogen-bond acceptors (Lipinski definition) is 2. The van der Waals surface area contributed by atoms with E-state index in [1.807, 2.05) is 37.3 Å². The summed E-state index contributed by atoms with van der Waals surface area (Å²) in [5, 5.41) is 2.91. The highest BCUT2D eigenvalue weighted by Gasteiger charge is 2.21. The summed E-state index contributed by atoms with van der Waals surface area (Å²) in [4.78, 5) is 12.3. The molecule has 0 saturated heterocycles. The van der Waals surface area contributed by atoms with Crippen molar-refractivity contribution in [3.05, 3.63) is 58.1 Å². The Kier molecular flexibility index (Phi) is 4.48. The van der Waals surface area contributed by atoms with Crippen LogP contribution >= 0.6 is 15.9 Å². The maximum absolute atomic E-state index is 12.3. The Morgan fingerprint density at radius 1 is 1.23 bits per heavy atom. The molecule has 1 N–H and O–H groups in total. The first kappa shape index (κ1) is 15.1. The number of ether oxygens (including phenoxy) is 1.